The Balaban J connectivity index is 2.48. The first-order valence-electron chi connectivity index (χ1n) is 11.0. The zero-order valence-electron chi connectivity index (χ0n) is 21.0. The molecule has 0 aromatic rings. The van der Waals surface area contributed by atoms with Gasteiger partial charge >= 0.3 is 0 Å². The Hall–Kier alpha value is -0.976. The fourth-order valence-corrected chi connectivity index (χ4v) is 5.70. The molecule has 0 amide bonds. The Labute approximate surface area is 190 Å². The third-order valence-corrected chi connectivity index (χ3v) is 16.1. The average molecular weight is 470 g/mol. The summed E-state index contributed by atoms with van der Waals surface area (Å²) in [5, 5.41) is 10.2. The van der Waals surface area contributed by atoms with Crippen molar-refractivity contribution in [2.24, 2.45) is 10.7 Å². The van der Waals surface area contributed by atoms with Gasteiger partial charge in [0.1, 0.15) is 30.0 Å². The lowest BCUT2D eigenvalue weighted by Crippen LogP contribution is -2.56. The predicted molar refractivity (Wildman–Crippen MR) is 132 cm³/mol. The molecule has 2 rings (SSSR count). The molecule has 0 bridgehead atoms. The number of hydrogen-bond acceptors (Lipinski definition) is 7. The van der Waals surface area contributed by atoms with E-state index in [1.807, 2.05) is 11.1 Å². The van der Waals surface area contributed by atoms with Crippen molar-refractivity contribution < 1.29 is 18.7 Å². The largest absolute Gasteiger partial charge is 0.408 e. The molecular formula is C22H43N3O4Si2. The Morgan fingerprint density at radius 1 is 1.06 bits per heavy atom. The molecule has 0 aliphatic carbocycles. The standard InChI is InChI=1S/C22H43N3O4Si2/c1-15-24-17(23)12-13-25(15)20-19(29-31(10,11)22(5,6)7)18(16(14-26)27-20)28-30(8,9)21(2,3)4/h12-13,16,18-20,26H,1,14H2,2-11H3,(H2,23,24)/t16-,18?,19+,20-/m1/s1. The number of ether oxygens (including phenoxy) is 1. The van der Waals surface area contributed by atoms with Crippen molar-refractivity contribution in [2.45, 2.75) is 102 Å². The number of nitrogens with two attached hydrogens (primary N) is 1. The van der Waals surface area contributed by atoms with Crippen LogP contribution < -0.4 is 5.73 Å². The maximum atomic E-state index is 10.2. The molecule has 2 heterocycles. The fourth-order valence-electron chi connectivity index (χ4n) is 3.10. The van der Waals surface area contributed by atoms with Crippen LogP contribution in [0.5, 0.6) is 0 Å². The van der Waals surface area contributed by atoms with Crippen molar-refractivity contribution in [1.82, 2.24) is 4.90 Å². The fraction of sp³-hybridized carbons (Fsp3) is 0.773. The number of rotatable bonds is 6. The lowest BCUT2D eigenvalue weighted by molar-refractivity contribution is -0.0670. The molecule has 0 spiro atoms. The molecular weight excluding hydrogens is 426 g/mol. The molecule has 0 saturated carbocycles. The molecule has 0 radical (unpaired) electrons. The second-order valence-electron chi connectivity index (χ2n) is 11.6. The lowest BCUT2D eigenvalue weighted by atomic mass is 10.1. The van der Waals surface area contributed by atoms with Crippen LogP contribution in [-0.4, -0.2) is 63.6 Å². The number of aliphatic hydroxyl groups excluding tert-OH is 1. The minimum atomic E-state index is -2.18. The van der Waals surface area contributed by atoms with Crippen LogP contribution in [0.25, 0.3) is 0 Å². The molecule has 2 aliphatic rings. The van der Waals surface area contributed by atoms with Gasteiger partial charge in [0.05, 0.1) is 6.61 Å². The van der Waals surface area contributed by atoms with E-state index < -0.39 is 41.2 Å². The van der Waals surface area contributed by atoms with E-state index >= 15 is 0 Å². The third kappa shape index (κ3) is 5.51. The zero-order chi connectivity index (χ0) is 24.0. The molecule has 4 atom stereocenters. The second-order valence-corrected chi connectivity index (χ2v) is 21.1. The number of aliphatic hydroxyl groups is 1. The lowest BCUT2D eigenvalue weighted by Gasteiger charge is -2.45. The zero-order valence-corrected chi connectivity index (χ0v) is 23.0. The van der Waals surface area contributed by atoms with E-state index in [4.69, 9.17) is 19.3 Å². The minimum absolute atomic E-state index is 0.00764. The Kier molecular flexibility index (Phi) is 7.42. The normalized spacial score (nSPS) is 28.3. The monoisotopic (exact) mass is 469 g/mol. The Bertz CT molecular complexity index is 738. The number of nitrogens with zero attached hydrogens (tertiary/aromatic N) is 2. The van der Waals surface area contributed by atoms with Crippen LogP contribution in [-0.2, 0) is 13.6 Å². The second kappa shape index (κ2) is 8.76. The van der Waals surface area contributed by atoms with Crippen molar-refractivity contribution in [3.05, 3.63) is 24.7 Å². The molecule has 0 aromatic heterocycles. The Morgan fingerprint density at radius 3 is 1.97 bits per heavy atom. The Morgan fingerprint density at radius 2 is 1.55 bits per heavy atom. The summed E-state index contributed by atoms with van der Waals surface area (Å²) >= 11 is 0. The summed E-state index contributed by atoms with van der Waals surface area (Å²) < 4.78 is 20.1. The molecule has 1 unspecified atom stereocenters. The van der Waals surface area contributed by atoms with Crippen molar-refractivity contribution in [2.75, 3.05) is 6.61 Å². The summed E-state index contributed by atoms with van der Waals surface area (Å²) in [6.07, 6.45) is 1.73. The van der Waals surface area contributed by atoms with Crippen molar-refractivity contribution in [3.63, 3.8) is 0 Å². The summed E-state index contributed by atoms with van der Waals surface area (Å²) in [5.41, 5.74) is 5.84. The summed E-state index contributed by atoms with van der Waals surface area (Å²) in [6.45, 7) is 26.0. The maximum Gasteiger partial charge on any atom is 0.192 e. The van der Waals surface area contributed by atoms with Crippen LogP contribution in [0.15, 0.2) is 29.7 Å². The molecule has 7 nitrogen and oxygen atoms in total. The van der Waals surface area contributed by atoms with Gasteiger partial charge in [-0.2, -0.15) is 0 Å². The summed E-state index contributed by atoms with van der Waals surface area (Å²) in [4.78, 5) is 6.14. The molecule has 0 aromatic carbocycles. The van der Waals surface area contributed by atoms with E-state index in [9.17, 15) is 5.11 Å². The van der Waals surface area contributed by atoms with Crippen LogP contribution in [0.3, 0.4) is 0 Å². The molecule has 31 heavy (non-hydrogen) atoms. The van der Waals surface area contributed by atoms with Gasteiger partial charge in [0.2, 0.25) is 0 Å². The van der Waals surface area contributed by atoms with E-state index in [0.717, 1.165) is 0 Å². The first kappa shape index (κ1) is 26.3. The third-order valence-electron chi connectivity index (χ3n) is 7.18. The van der Waals surface area contributed by atoms with Crippen molar-refractivity contribution in [3.8, 4) is 0 Å². The van der Waals surface area contributed by atoms with E-state index in [-0.39, 0.29) is 16.7 Å². The van der Waals surface area contributed by atoms with Gasteiger partial charge < -0.3 is 29.3 Å². The van der Waals surface area contributed by atoms with Crippen LogP contribution in [0.2, 0.25) is 36.3 Å². The van der Waals surface area contributed by atoms with Crippen LogP contribution >= 0.6 is 0 Å². The molecule has 1 saturated heterocycles. The predicted octanol–water partition coefficient (Wildman–Crippen LogP) is 4.14. The van der Waals surface area contributed by atoms with Gasteiger partial charge in [-0.1, -0.05) is 48.1 Å². The van der Waals surface area contributed by atoms with E-state index in [1.54, 1.807) is 6.08 Å². The topological polar surface area (TPSA) is 89.5 Å². The van der Waals surface area contributed by atoms with Crippen molar-refractivity contribution >= 4 is 22.5 Å². The van der Waals surface area contributed by atoms with Gasteiger partial charge in [-0.3, -0.25) is 0 Å². The summed E-state index contributed by atoms with van der Waals surface area (Å²) in [7, 11) is -4.34. The maximum absolute atomic E-state index is 10.2. The van der Waals surface area contributed by atoms with E-state index in [0.29, 0.717) is 11.7 Å². The highest BCUT2D eigenvalue weighted by Gasteiger charge is 2.55. The van der Waals surface area contributed by atoms with Gasteiger partial charge in [0, 0.05) is 6.20 Å². The summed E-state index contributed by atoms with van der Waals surface area (Å²) in [5.74, 6) is 0.882. The first-order chi connectivity index (χ1) is 13.9. The minimum Gasteiger partial charge on any atom is -0.408 e. The molecule has 3 N–H and O–H groups in total. The van der Waals surface area contributed by atoms with E-state index in [2.05, 4.69) is 79.3 Å². The highest BCUT2D eigenvalue weighted by atomic mass is 28.4. The summed E-state index contributed by atoms with van der Waals surface area (Å²) in [6, 6.07) is 0. The first-order valence-corrected chi connectivity index (χ1v) is 16.8. The highest BCUT2D eigenvalue weighted by molar-refractivity contribution is 6.74. The van der Waals surface area contributed by atoms with Gasteiger partial charge in [-0.25, -0.2) is 4.99 Å². The molecule has 1 fully saturated rings. The van der Waals surface area contributed by atoms with Crippen LogP contribution in [0, 0.1) is 0 Å². The van der Waals surface area contributed by atoms with Gasteiger partial charge in [-0.05, 0) is 42.3 Å². The SMILES string of the molecule is C=C1N=C(N)C=CN1[C@@H]1O[C@H](CO)C(O[Si](C)(C)C(C)(C)C)[C@@H]1O[Si](C)(C)C(C)(C)C. The smallest absolute Gasteiger partial charge is 0.192 e. The van der Waals surface area contributed by atoms with Gasteiger partial charge in [0.25, 0.3) is 0 Å². The highest BCUT2D eigenvalue weighted by Crippen LogP contribution is 2.44. The average Bonchev–Trinajstić information content (AvgIpc) is 2.89. The number of amidine groups is 1. The molecule has 178 valence electrons. The van der Waals surface area contributed by atoms with Crippen molar-refractivity contribution in [1.29, 1.82) is 0 Å². The van der Waals surface area contributed by atoms with E-state index in [1.165, 1.54) is 0 Å². The molecule has 2 aliphatic heterocycles. The number of hydrogen-bond donors (Lipinski definition) is 2. The van der Waals surface area contributed by atoms with Gasteiger partial charge in [-0.15, -0.1) is 0 Å². The van der Waals surface area contributed by atoms with Crippen LogP contribution in [0.4, 0.5) is 0 Å². The number of aliphatic imine (C=N–C) groups is 1. The quantitative estimate of drug-likeness (QED) is 0.568. The molecule has 9 heteroatoms. The van der Waals surface area contributed by atoms with Gasteiger partial charge in [0.15, 0.2) is 22.9 Å². The van der Waals surface area contributed by atoms with Crippen LogP contribution in [0.1, 0.15) is 41.5 Å².